The molecule has 0 aliphatic carbocycles. The van der Waals surface area contributed by atoms with Gasteiger partial charge in [-0.2, -0.15) is 5.26 Å². The highest BCUT2D eigenvalue weighted by Gasteiger charge is 2.12. The topological polar surface area (TPSA) is 71.1 Å². The fourth-order valence-corrected chi connectivity index (χ4v) is 2.47. The summed E-state index contributed by atoms with van der Waals surface area (Å²) in [6.07, 6.45) is 0.890. The van der Waals surface area contributed by atoms with Crippen LogP contribution in [0.25, 0.3) is 11.0 Å². The number of hydrogen-bond donors (Lipinski definition) is 1. The van der Waals surface area contributed by atoms with E-state index in [-0.39, 0.29) is 13.2 Å². The van der Waals surface area contributed by atoms with Crippen LogP contribution in [0.4, 0.5) is 8.78 Å². The van der Waals surface area contributed by atoms with Crippen molar-refractivity contribution in [1.82, 2.24) is 9.55 Å². The van der Waals surface area contributed by atoms with Gasteiger partial charge in [0.05, 0.1) is 36.4 Å². The highest BCUT2D eigenvalue weighted by molar-refractivity contribution is 5.75. The van der Waals surface area contributed by atoms with Crippen molar-refractivity contribution in [1.29, 1.82) is 5.26 Å². The Bertz CT molecular complexity index is 916. The lowest BCUT2D eigenvalue weighted by molar-refractivity contribution is 0.0934. The van der Waals surface area contributed by atoms with Crippen LogP contribution >= 0.6 is 0 Å². The first-order chi connectivity index (χ1) is 12.1. The maximum atomic E-state index is 13.4. The molecule has 1 N–H and O–H groups in total. The second-order valence-corrected chi connectivity index (χ2v) is 5.60. The minimum Gasteiger partial charge on any atom is -0.491 e. The lowest BCUT2D eigenvalue weighted by Gasteiger charge is -2.14. The van der Waals surface area contributed by atoms with Gasteiger partial charge < -0.3 is 14.4 Å². The molecular weight excluding hydrogens is 328 g/mol. The Morgan fingerprint density at radius 2 is 1.92 bits per heavy atom. The van der Waals surface area contributed by atoms with Crippen LogP contribution in [-0.4, -0.2) is 27.4 Å². The molecule has 5 nitrogen and oxygen atoms in total. The summed E-state index contributed by atoms with van der Waals surface area (Å²) in [5.74, 6) is -1.34. The molecule has 0 radical (unpaired) electrons. The van der Waals surface area contributed by atoms with Gasteiger partial charge in [-0.1, -0.05) is 12.1 Å². The van der Waals surface area contributed by atoms with Crippen molar-refractivity contribution in [2.45, 2.75) is 19.1 Å². The molecule has 0 spiro atoms. The molecule has 3 aromatic rings. The average molecular weight is 343 g/mol. The quantitative estimate of drug-likeness (QED) is 0.747. The molecule has 1 heterocycles. The molecule has 3 rings (SSSR count). The Hall–Kier alpha value is -2.98. The molecule has 7 heteroatoms. The SMILES string of the molecule is N#CCc1ccc(OCC(O)Cn2cnc3cc(F)c(F)cc32)cc1. The van der Waals surface area contributed by atoms with Crippen molar-refractivity contribution in [3.8, 4) is 11.8 Å². The fourth-order valence-electron chi connectivity index (χ4n) is 2.47. The van der Waals surface area contributed by atoms with Crippen molar-refractivity contribution in [2.24, 2.45) is 0 Å². The zero-order valence-electron chi connectivity index (χ0n) is 13.2. The van der Waals surface area contributed by atoms with E-state index in [0.29, 0.717) is 23.2 Å². The van der Waals surface area contributed by atoms with E-state index in [2.05, 4.69) is 11.1 Å². The number of aliphatic hydroxyl groups is 1. The number of benzene rings is 2. The second-order valence-electron chi connectivity index (χ2n) is 5.60. The Balaban J connectivity index is 1.62. The zero-order chi connectivity index (χ0) is 17.8. The highest BCUT2D eigenvalue weighted by Crippen LogP contribution is 2.18. The first kappa shape index (κ1) is 16.9. The first-order valence-electron chi connectivity index (χ1n) is 7.63. The number of hydrogen-bond acceptors (Lipinski definition) is 4. The molecule has 0 bridgehead atoms. The Morgan fingerprint density at radius 1 is 1.20 bits per heavy atom. The molecule has 128 valence electrons. The summed E-state index contributed by atoms with van der Waals surface area (Å²) >= 11 is 0. The number of nitriles is 1. The maximum absolute atomic E-state index is 13.4. The van der Waals surface area contributed by atoms with Crippen LogP contribution in [0.1, 0.15) is 5.56 Å². The number of halogens is 2. The van der Waals surface area contributed by atoms with Crippen LogP contribution in [-0.2, 0) is 13.0 Å². The summed E-state index contributed by atoms with van der Waals surface area (Å²) in [5.41, 5.74) is 1.61. The normalized spacial score (nSPS) is 12.1. The molecule has 2 aromatic carbocycles. The summed E-state index contributed by atoms with van der Waals surface area (Å²) in [7, 11) is 0. The highest BCUT2D eigenvalue weighted by atomic mass is 19.2. The number of ether oxygens (including phenoxy) is 1. The van der Waals surface area contributed by atoms with Gasteiger partial charge in [-0.3, -0.25) is 0 Å². The van der Waals surface area contributed by atoms with Crippen LogP contribution < -0.4 is 4.74 Å². The van der Waals surface area contributed by atoms with Crippen molar-refractivity contribution in [2.75, 3.05) is 6.61 Å². The van der Waals surface area contributed by atoms with E-state index in [1.54, 1.807) is 28.8 Å². The largest absolute Gasteiger partial charge is 0.491 e. The van der Waals surface area contributed by atoms with E-state index in [1.807, 2.05) is 0 Å². The van der Waals surface area contributed by atoms with Gasteiger partial charge in [-0.05, 0) is 17.7 Å². The molecule has 1 aromatic heterocycles. The average Bonchev–Trinajstić information content (AvgIpc) is 2.97. The minimum absolute atomic E-state index is 0.0287. The molecule has 25 heavy (non-hydrogen) atoms. The Labute approximate surface area is 142 Å². The van der Waals surface area contributed by atoms with Gasteiger partial charge in [0, 0.05) is 12.1 Å². The van der Waals surface area contributed by atoms with E-state index in [0.717, 1.165) is 17.7 Å². The zero-order valence-corrected chi connectivity index (χ0v) is 13.2. The van der Waals surface area contributed by atoms with Gasteiger partial charge in [0.25, 0.3) is 0 Å². The number of aromatic nitrogens is 2. The van der Waals surface area contributed by atoms with E-state index in [9.17, 15) is 13.9 Å². The van der Waals surface area contributed by atoms with E-state index < -0.39 is 17.7 Å². The molecule has 0 saturated heterocycles. The van der Waals surface area contributed by atoms with Gasteiger partial charge in [0.15, 0.2) is 11.6 Å². The van der Waals surface area contributed by atoms with Crippen molar-refractivity contribution in [3.05, 3.63) is 59.9 Å². The van der Waals surface area contributed by atoms with Crippen LogP contribution in [0, 0.1) is 23.0 Å². The molecule has 0 aliphatic heterocycles. The van der Waals surface area contributed by atoms with Crippen LogP contribution in [0.2, 0.25) is 0 Å². The minimum atomic E-state index is -0.961. The predicted octanol–water partition coefficient (Wildman–Crippen LogP) is 2.82. The van der Waals surface area contributed by atoms with E-state index in [4.69, 9.17) is 10.00 Å². The van der Waals surface area contributed by atoms with Crippen LogP contribution in [0.15, 0.2) is 42.7 Å². The molecule has 0 fully saturated rings. The number of fused-ring (bicyclic) bond motifs is 1. The van der Waals surface area contributed by atoms with E-state index in [1.165, 1.54) is 6.33 Å². The Morgan fingerprint density at radius 3 is 2.64 bits per heavy atom. The first-order valence-corrected chi connectivity index (χ1v) is 7.63. The third-order valence-corrected chi connectivity index (χ3v) is 3.72. The van der Waals surface area contributed by atoms with Crippen LogP contribution in [0.5, 0.6) is 5.75 Å². The summed E-state index contributed by atoms with van der Waals surface area (Å²) in [6.45, 7) is 0.162. The van der Waals surface area contributed by atoms with Crippen LogP contribution in [0.3, 0.4) is 0 Å². The Kier molecular flexibility index (Phi) is 4.91. The lowest BCUT2D eigenvalue weighted by Crippen LogP contribution is -2.23. The number of aliphatic hydroxyl groups excluding tert-OH is 1. The predicted molar refractivity (Wildman–Crippen MR) is 86.9 cm³/mol. The smallest absolute Gasteiger partial charge is 0.161 e. The molecule has 1 unspecified atom stereocenters. The second kappa shape index (κ2) is 7.28. The maximum Gasteiger partial charge on any atom is 0.161 e. The summed E-state index contributed by atoms with van der Waals surface area (Å²) < 4.78 is 33.6. The standard InChI is InChI=1S/C18H15F2N3O2/c19-15-7-17-18(8-16(15)20)23(11-22-17)9-13(24)10-25-14-3-1-12(2-4-14)5-6-21/h1-4,7-8,11,13,24H,5,9-10H2. The fraction of sp³-hybridized carbons (Fsp3) is 0.222. The molecule has 0 aliphatic rings. The van der Waals surface area contributed by atoms with E-state index >= 15 is 0 Å². The third kappa shape index (κ3) is 3.92. The lowest BCUT2D eigenvalue weighted by atomic mass is 10.2. The monoisotopic (exact) mass is 343 g/mol. The van der Waals surface area contributed by atoms with Gasteiger partial charge in [0.2, 0.25) is 0 Å². The molecule has 1 atom stereocenters. The molecule has 0 saturated carbocycles. The molecule has 0 amide bonds. The van der Waals surface area contributed by atoms with Gasteiger partial charge in [0.1, 0.15) is 18.5 Å². The third-order valence-electron chi connectivity index (χ3n) is 3.72. The summed E-state index contributed by atoms with van der Waals surface area (Å²) in [5, 5.41) is 18.7. The van der Waals surface area contributed by atoms with Gasteiger partial charge in [-0.15, -0.1) is 0 Å². The number of imidazole rings is 1. The summed E-state index contributed by atoms with van der Waals surface area (Å²) in [6, 6.07) is 11.2. The number of rotatable bonds is 6. The summed E-state index contributed by atoms with van der Waals surface area (Å²) in [4.78, 5) is 4.00. The van der Waals surface area contributed by atoms with Gasteiger partial charge >= 0.3 is 0 Å². The molecular formula is C18H15F2N3O2. The van der Waals surface area contributed by atoms with Crippen molar-refractivity contribution < 1.29 is 18.6 Å². The van der Waals surface area contributed by atoms with Crippen molar-refractivity contribution >= 4 is 11.0 Å². The van der Waals surface area contributed by atoms with Crippen molar-refractivity contribution in [3.63, 3.8) is 0 Å². The van der Waals surface area contributed by atoms with Gasteiger partial charge in [-0.25, -0.2) is 13.8 Å². The number of nitrogens with zero attached hydrogens (tertiary/aromatic N) is 3.